The molecule has 2 rings (SSSR count). The van der Waals surface area contributed by atoms with Crippen LogP contribution in [0.5, 0.6) is 0 Å². The van der Waals surface area contributed by atoms with Gasteiger partial charge in [-0.1, -0.05) is 24.3 Å². The summed E-state index contributed by atoms with van der Waals surface area (Å²) >= 11 is 0. The normalized spacial score (nSPS) is 12.4. The first kappa shape index (κ1) is 13.6. The molecule has 0 saturated carbocycles. The van der Waals surface area contributed by atoms with Crippen molar-refractivity contribution in [3.63, 3.8) is 0 Å². The molecule has 1 nitrogen and oxygen atoms in total. The molecule has 0 heterocycles. The van der Waals surface area contributed by atoms with E-state index in [-0.39, 0.29) is 24.4 Å². The van der Waals surface area contributed by atoms with Gasteiger partial charge in [-0.15, -0.1) is 0 Å². The van der Waals surface area contributed by atoms with Crippen LogP contribution in [0.2, 0.25) is 0 Å². The van der Waals surface area contributed by atoms with Crippen LogP contribution < -0.4 is 0 Å². The molecule has 0 bridgehead atoms. The predicted octanol–water partition coefficient (Wildman–Crippen LogP) is 3.42. The number of halogens is 3. The van der Waals surface area contributed by atoms with Crippen LogP contribution in [0.4, 0.5) is 13.2 Å². The van der Waals surface area contributed by atoms with Crippen molar-refractivity contribution < 1.29 is 18.3 Å². The zero-order valence-electron chi connectivity index (χ0n) is 10.1. The summed E-state index contributed by atoms with van der Waals surface area (Å²) in [7, 11) is 0. The Labute approximate surface area is 109 Å². The molecular weight excluding hydrogens is 253 g/mol. The molecule has 1 atom stereocenters. The van der Waals surface area contributed by atoms with Gasteiger partial charge in [0.1, 0.15) is 5.82 Å². The van der Waals surface area contributed by atoms with Gasteiger partial charge in [-0.05, 0) is 35.7 Å². The van der Waals surface area contributed by atoms with Crippen molar-refractivity contribution in [3.05, 3.63) is 71.0 Å². The van der Waals surface area contributed by atoms with Gasteiger partial charge in [-0.25, -0.2) is 13.2 Å². The Balaban J connectivity index is 2.24. The summed E-state index contributed by atoms with van der Waals surface area (Å²) < 4.78 is 39.5. The van der Waals surface area contributed by atoms with Crippen molar-refractivity contribution >= 4 is 0 Å². The average molecular weight is 266 g/mol. The highest BCUT2D eigenvalue weighted by molar-refractivity contribution is 5.26. The third kappa shape index (κ3) is 3.15. The number of rotatable bonds is 4. The zero-order valence-corrected chi connectivity index (χ0v) is 10.1. The molecule has 0 aliphatic carbocycles. The van der Waals surface area contributed by atoms with Gasteiger partial charge in [0.25, 0.3) is 0 Å². The summed E-state index contributed by atoms with van der Waals surface area (Å²) in [5.41, 5.74) is 0.885. The Hall–Kier alpha value is -1.81. The second-order valence-corrected chi connectivity index (χ2v) is 4.35. The zero-order chi connectivity index (χ0) is 13.8. The molecule has 0 amide bonds. The van der Waals surface area contributed by atoms with Crippen LogP contribution in [0, 0.1) is 17.5 Å². The molecule has 0 fully saturated rings. The minimum atomic E-state index is -0.909. The summed E-state index contributed by atoms with van der Waals surface area (Å²) in [5, 5.41) is 9.36. The molecule has 0 aliphatic heterocycles. The van der Waals surface area contributed by atoms with E-state index in [4.69, 9.17) is 0 Å². The van der Waals surface area contributed by atoms with Crippen molar-refractivity contribution in [3.8, 4) is 0 Å². The summed E-state index contributed by atoms with van der Waals surface area (Å²) in [6.45, 7) is -0.221. The average Bonchev–Trinajstić information content (AvgIpc) is 2.42. The van der Waals surface area contributed by atoms with E-state index >= 15 is 0 Å². The van der Waals surface area contributed by atoms with Gasteiger partial charge in [-0.2, -0.15) is 0 Å². The Morgan fingerprint density at radius 1 is 0.947 bits per heavy atom. The van der Waals surface area contributed by atoms with E-state index < -0.39 is 17.6 Å². The van der Waals surface area contributed by atoms with Crippen LogP contribution in [0.1, 0.15) is 17.0 Å². The highest BCUT2D eigenvalue weighted by Crippen LogP contribution is 2.23. The molecular formula is C15H13F3O. The molecule has 0 spiro atoms. The van der Waals surface area contributed by atoms with E-state index in [1.807, 2.05) is 0 Å². The van der Waals surface area contributed by atoms with Crippen molar-refractivity contribution in [2.24, 2.45) is 0 Å². The first-order valence-corrected chi connectivity index (χ1v) is 5.91. The van der Waals surface area contributed by atoms with Gasteiger partial charge in [0.05, 0.1) is 6.61 Å². The lowest BCUT2D eigenvalue weighted by molar-refractivity contribution is 0.263. The van der Waals surface area contributed by atoms with Crippen LogP contribution in [0.25, 0.3) is 0 Å². The first-order chi connectivity index (χ1) is 9.11. The second-order valence-electron chi connectivity index (χ2n) is 4.35. The fourth-order valence-corrected chi connectivity index (χ4v) is 1.99. The van der Waals surface area contributed by atoms with Crippen molar-refractivity contribution in [1.82, 2.24) is 0 Å². The lowest BCUT2D eigenvalue weighted by atomic mass is 9.92. The van der Waals surface area contributed by atoms with Crippen molar-refractivity contribution in [1.29, 1.82) is 0 Å². The lowest BCUT2D eigenvalue weighted by Gasteiger charge is -2.15. The van der Waals surface area contributed by atoms with Gasteiger partial charge >= 0.3 is 0 Å². The fraction of sp³-hybridized carbons (Fsp3) is 0.200. The highest BCUT2D eigenvalue weighted by atomic mass is 19.2. The molecule has 4 heteroatoms. The maximum absolute atomic E-state index is 13.6. The Morgan fingerprint density at radius 2 is 1.63 bits per heavy atom. The van der Waals surface area contributed by atoms with Crippen LogP contribution >= 0.6 is 0 Å². The summed E-state index contributed by atoms with van der Waals surface area (Å²) in [4.78, 5) is 0. The minimum Gasteiger partial charge on any atom is -0.396 e. The summed E-state index contributed by atoms with van der Waals surface area (Å²) in [6, 6.07) is 9.57. The lowest BCUT2D eigenvalue weighted by Crippen LogP contribution is -2.09. The quantitative estimate of drug-likeness (QED) is 0.899. The van der Waals surface area contributed by atoms with Gasteiger partial charge in [0, 0.05) is 5.92 Å². The van der Waals surface area contributed by atoms with E-state index in [2.05, 4.69) is 0 Å². The smallest absolute Gasteiger partial charge is 0.162 e. The van der Waals surface area contributed by atoms with E-state index in [0.29, 0.717) is 5.56 Å². The van der Waals surface area contributed by atoms with E-state index in [1.165, 1.54) is 36.4 Å². The monoisotopic (exact) mass is 266 g/mol. The molecule has 0 saturated heterocycles. The molecule has 0 aromatic heterocycles. The number of aliphatic hydroxyl groups excluding tert-OH is 1. The van der Waals surface area contributed by atoms with Crippen LogP contribution in [0.3, 0.4) is 0 Å². The number of hydrogen-bond acceptors (Lipinski definition) is 1. The van der Waals surface area contributed by atoms with Gasteiger partial charge in [0.2, 0.25) is 0 Å². The molecule has 19 heavy (non-hydrogen) atoms. The van der Waals surface area contributed by atoms with Gasteiger partial charge in [0.15, 0.2) is 11.6 Å². The molecule has 100 valence electrons. The summed E-state index contributed by atoms with van der Waals surface area (Å²) in [5.74, 6) is -2.58. The molecule has 1 N–H and O–H groups in total. The fourth-order valence-electron chi connectivity index (χ4n) is 1.99. The van der Waals surface area contributed by atoms with Crippen molar-refractivity contribution in [2.75, 3.05) is 6.61 Å². The van der Waals surface area contributed by atoms with Crippen LogP contribution in [-0.4, -0.2) is 11.7 Å². The Kier molecular flexibility index (Phi) is 4.22. The number of aliphatic hydroxyl groups is 1. The second kappa shape index (κ2) is 5.89. The third-order valence-corrected chi connectivity index (χ3v) is 3.06. The molecule has 0 aliphatic rings. The van der Waals surface area contributed by atoms with E-state index in [0.717, 1.165) is 6.07 Å². The van der Waals surface area contributed by atoms with E-state index in [9.17, 15) is 18.3 Å². The maximum Gasteiger partial charge on any atom is 0.162 e. The topological polar surface area (TPSA) is 20.2 Å². The van der Waals surface area contributed by atoms with Crippen LogP contribution in [-0.2, 0) is 6.42 Å². The Morgan fingerprint density at radius 3 is 2.26 bits per heavy atom. The molecule has 1 unspecified atom stereocenters. The third-order valence-electron chi connectivity index (χ3n) is 3.06. The van der Waals surface area contributed by atoms with Gasteiger partial charge in [-0.3, -0.25) is 0 Å². The number of hydrogen-bond donors (Lipinski definition) is 1. The molecule has 0 radical (unpaired) electrons. The molecule has 2 aromatic carbocycles. The number of benzene rings is 2. The van der Waals surface area contributed by atoms with Crippen molar-refractivity contribution in [2.45, 2.75) is 12.3 Å². The van der Waals surface area contributed by atoms with Gasteiger partial charge < -0.3 is 5.11 Å². The van der Waals surface area contributed by atoms with E-state index in [1.54, 1.807) is 0 Å². The minimum absolute atomic E-state index is 0.158. The maximum atomic E-state index is 13.6. The highest BCUT2D eigenvalue weighted by Gasteiger charge is 2.15. The predicted molar refractivity (Wildman–Crippen MR) is 66.3 cm³/mol. The SMILES string of the molecule is OCC(Cc1cccc(F)c1F)c1ccc(F)cc1. The summed E-state index contributed by atoms with van der Waals surface area (Å²) in [6.07, 6.45) is 0.158. The largest absolute Gasteiger partial charge is 0.396 e. The standard InChI is InChI=1S/C15H13F3O/c16-13-6-4-10(5-7-13)12(9-19)8-11-2-1-3-14(17)15(11)18/h1-7,12,19H,8-9H2. The van der Waals surface area contributed by atoms with Crippen LogP contribution in [0.15, 0.2) is 42.5 Å². The Bertz CT molecular complexity index is 552. The molecule has 2 aromatic rings. The first-order valence-electron chi connectivity index (χ1n) is 5.91.